The summed E-state index contributed by atoms with van der Waals surface area (Å²) in [5.41, 5.74) is 2.95. The van der Waals surface area contributed by atoms with Gasteiger partial charge < -0.3 is 9.64 Å². The Balaban J connectivity index is 1.48. The van der Waals surface area contributed by atoms with Crippen molar-refractivity contribution in [2.75, 3.05) is 6.61 Å². The van der Waals surface area contributed by atoms with Crippen molar-refractivity contribution in [2.24, 2.45) is 5.92 Å². The van der Waals surface area contributed by atoms with Gasteiger partial charge in [0.2, 0.25) is 0 Å². The van der Waals surface area contributed by atoms with Crippen molar-refractivity contribution in [3.63, 3.8) is 0 Å². The fraction of sp³-hybridized carbons (Fsp3) is 0.308. The molecular weight excluding hydrogens is 404 g/mol. The van der Waals surface area contributed by atoms with Crippen LogP contribution in [0.4, 0.5) is 0 Å². The summed E-state index contributed by atoms with van der Waals surface area (Å²) in [5, 5.41) is 1.97. The maximum atomic E-state index is 13.3. The number of carbonyl (C=O) groups excluding carboxylic acids is 1. The molecule has 1 atom stereocenters. The highest BCUT2D eigenvalue weighted by Crippen LogP contribution is 2.23. The standard InChI is InChI=1S/C26H28N2O2S/c1-20-13-15-31-25(20)26(29)28(18-23-11-5-6-14-27-23)17-22-10-7-12-24(16-22)30-19-21-8-3-2-4-9-21/h2-3,5-7,10-16,21H,4,8-9,17-19H2,1H3/t21-/m0/s1. The van der Waals surface area contributed by atoms with Gasteiger partial charge in [-0.1, -0.05) is 30.4 Å². The molecule has 31 heavy (non-hydrogen) atoms. The molecule has 0 spiro atoms. The second kappa shape index (κ2) is 10.4. The van der Waals surface area contributed by atoms with Gasteiger partial charge in [0.25, 0.3) is 5.91 Å². The van der Waals surface area contributed by atoms with Crippen LogP contribution in [0.15, 0.2) is 72.3 Å². The monoisotopic (exact) mass is 432 g/mol. The Morgan fingerprint density at radius 1 is 1.16 bits per heavy atom. The van der Waals surface area contributed by atoms with Gasteiger partial charge in [-0.25, -0.2) is 0 Å². The van der Waals surface area contributed by atoms with Gasteiger partial charge in [0.05, 0.1) is 23.7 Å². The molecular formula is C26H28N2O2S. The number of thiophene rings is 1. The fourth-order valence-electron chi connectivity index (χ4n) is 3.80. The van der Waals surface area contributed by atoms with Crippen LogP contribution in [0.1, 0.15) is 45.8 Å². The van der Waals surface area contributed by atoms with Crippen LogP contribution in [-0.4, -0.2) is 22.4 Å². The number of carbonyl (C=O) groups is 1. The van der Waals surface area contributed by atoms with E-state index in [9.17, 15) is 4.79 Å². The molecule has 2 aromatic heterocycles. The minimum atomic E-state index is 0.0402. The van der Waals surface area contributed by atoms with E-state index in [0.29, 0.717) is 19.0 Å². The van der Waals surface area contributed by atoms with Crippen LogP contribution in [0.5, 0.6) is 5.75 Å². The molecule has 0 aliphatic heterocycles. The van der Waals surface area contributed by atoms with E-state index >= 15 is 0 Å². The lowest BCUT2D eigenvalue weighted by Gasteiger charge is -2.23. The molecule has 1 amide bonds. The zero-order valence-electron chi connectivity index (χ0n) is 17.9. The summed E-state index contributed by atoms with van der Waals surface area (Å²) in [4.78, 5) is 20.4. The van der Waals surface area contributed by atoms with Crippen LogP contribution in [0.25, 0.3) is 0 Å². The first kappa shape index (κ1) is 21.3. The Morgan fingerprint density at radius 2 is 2.10 bits per heavy atom. The van der Waals surface area contributed by atoms with E-state index in [1.807, 2.05) is 53.6 Å². The predicted molar refractivity (Wildman–Crippen MR) is 125 cm³/mol. The first-order valence-corrected chi connectivity index (χ1v) is 11.7. The molecule has 4 nitrogen and oxygen atoms in total. The molecule has 0 saturated carbocycles. The molecule has 160 valence electrons. The summed E-state index contributed by atoms with van der Waals surface area (Å²) < 4.78 is 6.09. The fourth-order valence-corrected chi connectivity index (χ4v) is 4.69. The van der Waals surface area contributed by atoms with E-state index in [1.165, 1.54) is 17.8 Å². The van der Waals surface area contributed by atoms with E-state index in [1.54, 1.807) is 6.20 Å². The van der Waals surface area contributed by atoms with Crippen molar-refractivity contribution in [3.05, 3.63) is 94.0 Å². The molecule has 0 bridgehead atoms. The van der Waals surface area contributed by atoms with Crippen molar-refractivity contribution < 1.29 is 9.53 Å². The quantitative estimate of drug-likeness (QED) is 0.408. The molecule has 0 unspecified atom stereocenters. The van der Waals surface area contributed by atoms with E-state index in [4.69, 9.17) is 4.74 Å². The summed E-state index contributed by atoms with van der Waals surface area (Å²) >= 11 is 1.49. The third kappa shape index (κ3) is 5.82. The molecule has 3 aromatic rings. The third-order valence-corrected chi connectivity index (χ3v) is 6.56. The summed E-state index contributed by atoms with van der Waals surface area (Å²) in [6.07, 6.45) is 9.68. The Bertz CT molecular complexity index is 1030. The van der Waals surface area contributed by atoms with Crippen LogP contribution >= 0.6 is 11.3 Å². The molecule has 0 fully saturated rings. The van der Waals surface area contributed by atoms with Gasteiger partial charge in [0.1, 0.15) is 5.75 Å². The van der Waals surface area contributed by atoms with Crippen molar-refractivity contribution in [1.29, 1.82) is 0 Å². The minimum absolute atomic E-state index is 0.0402. The molecule has 1 aliphatic carbocycles. The number of hydrogen-bond donors (Lipinski definition) is 0. The van der Waals surface area contributed by atoms with Crippen molar-refractivity contribution in [1.82, 2.24) is 9.88 Å². The van der Waals surface area contributed by atoms with Crippen molar-refractivity contribution in [3.8, 4) is 5.75 Å². The summed E-state index contributed by atoms with van der Waals surface area (Å²) in [7, 11) is 0. The molecule has 0 saturated heterocycles. The lowest BCUT2D eigenvalue weighted by molar-refractivity contribution is 0.0732. The molecule has 5 heteroatoms. The largest absolute Gasteiger partial charge is 0.493 e. The molecule has 4 rings (SSSR count). The number of allylic oxidation sites excluding steroid dienone is 2. The average Bonchev–Trinajstić information content (AvgIpc) is 3.24. The number of benzene rings is 1. The predicted octanol–water partition coefficient (Wildman–Crippen LogP) is 6.03. The van der Waals surface area contributed by atoms with Crippen molar-refractivity contribution in [2.45, 2.75) is 39.3 Å². The number of hydrogen-bond acceptors (Lipinski definition) is 4. The number of ether oxygens (including phenoxy) is 1. The number of amides is 1. The smallest absolute Gasteiger partial charge is 0.264 e. The van der Waals surface area contributed by atoms with Crippen LogP contribution in [-0.2, 0) is 13.1 Å². The SMILES string of the molecule is Cc1ccsc1C(=O)N(Cc1cccc(OC[C@H]2CC=CCC2)c1)Cc1ccccn1. The Hall–Kier alpha value is -2.92. The normalized spacial score (nSPS) is 15.6. The highest BCUT2D eigenvalue weighted by molar-refractivity contribution is 7.12. The topological polar surface area (TPSA) is 42.4 Å². The maximum Gasteiger partial charge on any atom is 0.264 e. The van der Waals surface area contributed by atoms with Gasteiger partial charge >= 0.3 is 0 Å². The number of aromatic nitrogens is 1. The number of nitrogens with zero attached hydrogens (tertiary/aromatic N) is 2. The third-order valence-electron chi connectivity index (χ3n) is 5.56. The minimum Gasteiger partial charge on any atom is -0.493 e. The van der Waals surface area contributed by atoms with Gasteiger partial charge in [-0.3, -0.25) is 9.78 Å². The molecule has 1 aromatic carbocycles. The molecule has 2 heterocycles. The van der Waals surface area contributed by atoms with Crippen LogP contribution in [0.2, 0.25) is 0 Å². The summed E-state index contributed by atoms with van der Waals surface area (Å²) in [6, 6.07) is 15.9. The lowest BCUT2D eigenvalue weighted by Crippen LogP contribution is -2.30. The number of rotatable bonds is 8. The van der Waals surface area contributed by atoms with Gasteiger partial charge in [0.15, 0.2) is 0 Å². The Labute approximate surface area is 188 Å². The van der Waals surface area contributed by atoms with Gasteiger partial charge in [0, 0.05) is 12.7 Å². The summed E-state index contributed by atoms with van der Waals surface area (Å²) in [5.74, 6) is 1.49. The van der Waals surface area contributed by atoms with Crippen LogP contribution in [0, 0.1) is 12.8 Å². The zero-order valence-corrected chi connectivity index (χ0v) is 18.7. The molecule has 1 aliphatic rings. The number of aryl methyl sites for hydroxylation is 1. The molecule has 0 radical (unpaired) electrons. The maximum absolute atomic E-state index is 13.3. The first-order valence-electron chi connectivity index (χ1n) is 10.8. The summed E-state index contributed by atoms with van der Waals surface area (Å²) in [6.45, 7) is 3.70. The average molecular weight is 433 g/mol. The second-order valence-electron chi connectivity index (χ2n) is 8.02. The Morgan fingerprint density at radius 3 is 2.84 bits per heavy atom. The highest BCUT2D eigenvalue weighted by atomic mass is 32.1. The van der Waals surface area contributed by atoms with Crippen LogP contribution in [0.3, 0.4) is 0 Å². The zero-order chi connectivity index (χ0) is 21.5. The Kier molecular flexibility index (Phi) is 7.15. The van der Waals surface area contributed by atoms with Gasteiger partial charge in [-0.05, 0) is 78.9 Å². The first-order chi connectivity index (χ1) is 15.2. The van der Waals surface area contributed by atoms with Gasteiger partial charge in [-0.2, -0.15) is 0 Å². The number of pyridine rings is 1. The van der Waals surface area contributed by atoms with E-state index in [-0.39, 0.29) is 5.91 Å². The van der Waals surface area contributed by atoms with E-state index in [0.717, 1.165) is 46.9 Å². The van der Waals surface area contributed by atoms with E-state index < -0.39 is 0 Å². The molecule has 0 N–H and O–H groups in total. The highest BCUT2D eigenvalue weighted by Gasteiger charge is 2.20. The van der Waals surface area contributed by atoms with E-state index in [2.05, 4.69) is 29.3 Å². The second-order valence-corrected chi connectivity index (χ2v) is 8.94. The van der Waals surface area contributed by atoms with Crippen LogP contribution < -0.4 is 4.74 Å². The lowest BCUT2D eigenvalue weighted by atomic mass is 9.95. The van der Waals surface area contributed by atoms with Crippen molar-refractivity contribution >= 4 is 17.2 Å². The van der Waals surface area contributed by atoms with Gasteiger partial charge in [-0.15, -0.1) is 11.3 Å².